The molecule has 1 aromatic heterocycles. The van der Waals surface area contributed by atoms with Crippen molar-refractivity contribution in [3.63, 3.8) is 0 Å². The van der Waals surface area contributed by atoms with Gasteiger partial charge in [0.1, 0.15) is 17.9 Å². The van der Waals surface area contributed by atoms with Crippen LogP contribution in [0.2, 0.25) is 0 Å². The molecule has 0 spiro atoms. The molecule has 0 aliphatic carbocycles. The van der Waals surface area contributed by atoms with E-state index in [-0.39, 0.29) is 17.3 Å². The van der Waals surface area contributed by atoms with Gasteiger partial charge >= 0.3 is 0 Å². The highest BCUT2D eigenvalue weighted by Crippen LogP contribution is 2.28. The van der Waals surface area contributed by atoms with Crippen LogP contribution in [0.15, 0.2) is 88.2 Å². The summed E-state index contributed by atoms with van der Waals surface area (Å²) in [5.74, 6) is 0.380. The highest BCUT2D eigenvalue weighted by atomic mass is 32.2. The summed E-state index contributed by atoms with van der Waals surface area (Å²) in [4.78, 5) is 13.2. The van der Waals surface area contributed by atoms with Gasteiger partial charge in [0.15, 0.2) is 5.76 Å². The third-order valence-electron chi connectivity index (χ3n) is 4.92. The minimum Gasteiger partial charge on any atom is -0.489 e. The molecule has 0 aliphatic rings. The molecule has 1 heterocycles. The molecule has 0 atom stereocenters. The van der Waals surface area contributed by atoms with E-state index in [1.807, 2.05) is 48.5 Å². The van der Waals surface area contributed by atoms with Gasteiger partial charge in [-0.05, 0) is 42.5 Å². The maximum absolute atomic E-state index is 13.0. The normalized spacial score (nSPS) is 11.6. The van der Waals surface area contributed by atoms with Crippen molar-refractivity contribution in [2.75, 3.05) is 19.4 Å². The number of sulfonamides is 1. The number of fused-ring (bicyclic) bond motifs is 1. The summed E-state index contributed by atoms with van der Waals surface area (Å²) in [5.41, 5.74) is 1.66. The first-order valence-electron chi connectivity index (χ1n) is 9.88. The monoisotopic (exact) mass is 450 g/mol. The van der Waals surface area contributed by atoms with Gasteiger partial charge in [-0.3, -0.25) is 4.79 Å². The van der Waals surface area contributed by atoms with E-state index in [4.69, 9.17) is 9.15 Å². The van der Waals surface area contributed by atoms with E-state index in [2.05, 4.69) is 5.32 Å². The first-order chi connectivity index (χ1) is 15.4. The van der Waals surface area contributed by atoms with Gasteiger partial charge in [0, 0.05) is 30.7 Å². The van der Waals surface area contributed by atoms with Gasteiger partial charge in [0.25, 0.3) is 5.91 Å². The van der Waals surface area contributed by atoms with Crippen LogP contribution >= 0.6 is 0 Å². The van der Waals surface area contributed by atoms with Crippen LogP contribution in [0.3, 0.4) is 0 Å². The number of ether oxygens (including phenoxy) is 1. The summed E-state index contributed by atoms with van der Waals surface area (Å²) in [5, 5.41) is 3.56. The van der Waals surface area contributed by atoms with Crippen LogP contribution in [0.1, 0.15) is 16.1 Å². The molecule has 4 rings (SSSR count). The minimum atomic E-state index is -3.55. The summed E-state index contributed by atoms with van der Waals surface area (Å²) in [6.07, 6.45) is 0. The zero-order chi connectivity index (χ0) is 22.7. The van der Waals surface area contributed by atoms with Gasteiger partial charge in [-0.1, -0.05) is 36.4 Å². The van der Waals surface area contributed by atoms with E-state index in [1.165, 1.54) is 38.4 Å². The Bertz CT molecular complexity index is 1340. The van der Waals surface area contributed by atoms with Crippen molar-refractivity contribution >= 4 is 32.6 Å². The molecule has 3 aromatic carbocycles. The first kappa shape index (κ1) is 21.6. The summed E-state index contributed by atoms with van der Waals surface area (Å²) in [6.45, 7) is 0.157. The van der Waals surface area contributed by atoms with Crippen LogP contribution in [0.5, 0.6) is 5.75 Å². The second-order valence-corrected chi connectivity index (χ2v) is 9.43. The Hall–Kier alpha value is -3.62. The molecule has 0 bridgehead atoms. The summed E-state index contributed by atoms with van der Waals surface area (Å²) < 4.78 is 37.3. The fraction of sp³-hybridized carbons (Fsp3) is 0.125. The van der Waals surface area contributed by atoms with E-state index < -0.39 is 15.9 Å². The van der Waals surface area contributed by atoms with Crippen molar-refractivity contribution in [3.05, 3.63) is 90.2 Å². The summed E-state index contributed by atoms with van der Waals surface area (Å²) >= 11 is 0. The number of amides is 1. The molecular formula is C24H22N2O5S. The maximum Gasteiger partial charge on any atom is 0.291 e. The lowest BCUT2D eigenvalue weighted by Gasteiger charge is -2.12. The third-order valence-corrected chi connectivity index (χ3v) is 6.75. The number of hydrogen-bond acceptors (Lipinski definition) is 5. The van der Waals surface area contributed by atoms with Gasteiger partial charge in [-0.25, -0.2) is 12.7 Å². The molecule has 1 N–H and O–H groups in total. The quantitative estimate of drug-likeness (QED) is 0.447. The molecular weight excluding hydrogens is 428 g/mol. The molecule has 8 heteroatoms. The zero-order valence-corrected chi connectivity index (χ0v) is 18.4. The standard InChI is InChI=1S/C24H22N2O5S/c1-26(2)32(28,29)19-14-12-17(13-15-19)25-24(27)23-21(16-30-18-8-4-3-5-9-18)20-10-6-7-11-22(20)31-23/h3-15H,16H2,1-2H3,(H,25,27). The number of rotatable bonds is 7. The smallest absolute Gasteiger partial charge is 0.291 e. The summed E-state index contributed by atoms with van der Waals surface area (Å²) in [6, 6.07) is 22.7. The number of hydrogen-bond donors (Lipinski definition) is 1. The minimum absolute atomic E-state index is 0.140. The van der Waals surface area contributed by atoms with Gasteiger partial charge in [-0.2, -0.15) is 0 Å². The molecule has 1 amide bonds. The topological polar surface area (TPSA) is 88.9 Å². The van der Waals surface area contributed by atoms with Crippen molar-refractivity contribution in [2.45, 2.75) is 11.5 Å². The van der Waals surface area contributed by atoms with E-state index in [1.54, 1.807) is 6.07 Å². The Balaban J connectivity index is 1.59. The van der Waals surface area contributed by atoms with Crippen LogP contribution in [-0.4, -0.2) is 32.7 Å². The average molecular weight is 451 g/mol. The van der Waals surface area contributed by atoms with Crippen molar-refractivity contribution in [1.29, 1.82) is 0 Å². The third kappa shape index (κ3) is 4.37. The van der Waals surface area contributed by atoms with Crippen LogP contribution in [0.4, 0.5) is 5.69 Å². The number of nitrogens with one attached hydrogen (secondary N) is 1. The van der Waals surface area contributed by atoms with Gasteiger partial charge < -0.3 is 14.5 Å². The molecule has 4 aromatic rings. The number of benzene rings is 3. The molecule has 0 fully saturated rings. The molecule has 32 heavy (non-hydrogen) atoms. The maximum atomic E-state index is 13.0. The predicted octanol–water partition coefficient (Wildman–Crippen LogP) is 4.51. The fourth-order valence-electron chi connectivity index (χ4n) is 3.21. The number of nitrogens with zero attached hydrogens (tertiary/aromatic N) is 1. The van der Waals surface area contributed by atoms with E-state index in [0.717, 1.165) is 9.69 Å². The van der Waals surface area contributed by atoms with Crippen LogP contribution in [-0.2, 0) is 16.6 Å². The first-order valence-corrected chi connectivity index (χ1v) is 11.3. The summed E-state index contributed by atoms with van der Waals surface area (Å²) in [7, 11) is -0.619. The van der Waals surface area contributed by atoms with E-state index in [0.29, 0.717) is 22.6 Å². The highest BCUT2D eigenvalue weighted by Gasteiger charge is 2.22. The van der Waals surface area contributed by atoms with Crippen molar-refractivity contribution in [2.24, 2.45) is 0 Å². The lowest BCUT2D eigenvalue weighted by Crippen LogP contribution is -2.22. The van der Waals surface area contributed by atoms with Crippen LogP contribution < -0.4 is 10.1 Å². The molecule has 0 saturated carbocycles. The molecule has 164 valence electrons. The van der Waals surface area contributed by atoms with Gasteiger partial charge in [0.05, 0.1) is 4.90 Å². The van der Waals surface area contributed by atoms with Crippen molar-refractivity contribution in [3.8, 4) is 5.75 Å². The van der Waals surface area contributed by atoms with E-state index >= 15 is 0 Å². The number of anilines is 1. The number of para-hydroxylation sites is 2. The predicted molar refractivity (Wildman–Crippen MR) is 122 cm³/mol. The highest BCUT2D eigenvalue weighted by molar-refractivity contribution is 7.89. The van der Waals surface area contributed by atoms with Gasteiger partial charge in [-0.15, -0.1) is 0 Å². The Morgan fingerprint density at radius 1 is 0.938 bits per heavy atom. The number of carbonyl (C=O) groups is 1. The SMILES string of the molecule is CN(C)S(=O)(=O)c1ccc(NC(=O)c2oc3ccccc3c2COc2ccccc2)cc1. The molecule has 0 unspecified atom stereocenters. The van der Waals surface area contributed by atoms with Crippen LogP contribution in [0.25, 0.3) is 11.0 Å². The lowest BCUT2D eigenvalue weighted by atomic mass is 10.1. The molecule has 0 radical (unpaired) electrons. The van der Waals surface area contributed by atoms with Crippen molar-refractivity contribution < 1.29 is 22.4 Å². The Morgan fingerprint density at radius 2 is 1.59 bits per heavy atom. The largest absolute Gasteiger partial charge is 0.489 e. The number of carbonyl (C=O) groups excluding carboxylic acids is 1. The Morgan fingerprint density at radius 3 is 2.28 bits per heavy atom. The van der Waals surface area contributed by atoms with E-state index in [9.17, 15) is 13.2 Å². The number of furan rings is 1. The second kappa shape index (κ2) is 8.86. The molecule has 7 nitrogen and oxygen atoms in total. The second-order valence-electron chi connectivity index (χ2n) is 7.27. The Kier molecular flexibility index (Phi) is 5.98. The van der Waals surface area contributed by atoms with Gasteiger partial charge in [0.2, 0.25) is 10.0 Å². The zero-order valence-electron chi connectivity index (χ0n) is 17.6. The van der Waals surface area contributed by atoms with Crippen LogP contribution in [0, 0.1) is 0 Å². The lowest BCUT2D eigenvalue weighted by molar-refractivity contribution is 0.0995. The van der Waals surface area contributed by atoms with Crippen molar-refractivity contribution in [1.82, 2.24) is 4.31 Å². The Labute approximate surface area is 186 Å². The average Bonchev–Trinajstić information content (AvgIpc) is 3.17. The molecule has 0 saturated heterocycles. The molecule has 0 aliphatic heterocycles. The fourth-order valence-corrected chi connectivity index (χ4v) is 4.11.